The van der Waals surface area contributed by atoms with Crippen LogP contribution in [0.1, 0.15) is 26.7 Å². The van der Waals surface area contributed by atoms with Crippen LogP contribution in [0, 0.1) is 5.92 Å². The van der Waals surface area contributed by atoms with Crippen LogP contribution < -0.4 is 0 Å². The number of hydrogen-bond acceptors (Lipinski definition) is 1. The Balaban J connectivity index is 3.52. The highest BCUT2D eigenvalue weighted by Crippen LogP contribution is 2.03. The van der Waals surface area contributed by atoms with Crippen molar-refractivity contribution in [1.29, 1.82) is 0 Å². The van der Waals surface area contributed by atoms with Crippen LogP contribution in [0.25, 0.3) is 0 Å². The molecule has 1 N–H and O–H groups in total. The van der Waals surface area contributed by atoms with Crippen molar-refractivity contribution in [3.05, 3.63) is 12.2 Å². The summed E-state index contributed by atoms with van der Waals surface area (Å²) in [6.45, 7) is 3.93. The van der Waals surface area contributed by atoms with Gasteiger partial charge in [0, 0.05) is 0 Å². The molecule has 0 aromatic heterocycles. The molecule has 0 fully saturated rings. The van der Waals surface area contributed by atoms with Crippen LogP contribution in [-0.4, -0.2) is 11.1 Å². The van der Waals surface area contributed by atoms with Crippen molar-refractivity contribution in [3.63, 3.8) is 0 Å². The molecular formula is C8H14O2. The quantitative estimate of drug-likeness (QED) is 0.610. The number of allylic oxidation sites excluding steroid dienone is 2. The third kappa shape index (κ3) is 5.35. The van der Waals surface area contributed by atoms with Gasteiger partial charge in [0.25, 0.3) is 0 Å². The Hall–Kier alpha value is -0.790. The number of rotatable bonds is 4. The van der Waals surface area contributed by atoms with Crippen LogP contribution in [-0.2, 0) is 4.79 Å². The van der Waals surface area contributed by atoms with Crippen molar-refractivity contribution in [1.82, 2.24) is 0 Å². The maximum absolute atomic E-state index is 10.1. The smallest absolute Gasteiger partial charge is 0.303 e. The lowest BCUT2D eigenvalue weighted by Gasteiger charge is -1.98. The van der Waals surface area contributed by atoms with Gasteiger partial charge in [0.05, 0.1) is 6.42 Å². The van der Waals surface area contributed by atoms with Crippen molar-refractivity contribution >= 4 is 5.97 Å². The third-order valence-corrected chi connectivity index (χ3v) is 1.20. The molecule has 2 nitrogen and oxygen atoms in total. The predicted molar refractivity (Wildman–Crippen MR) is 40.8 cm³/mol. The zero-order valence-electron chi connectivity index (χ0n) is 6.50. The summed E-state index contributed by atoms with van der Waals surface area (Å²) >= 11 is 0. The Labute approximate surface area is 61.6 Å². The standard InChI is InChI=1S/C8H14O2/c1-3-4-5-7(2)6-8(9)10/h4-5,7H,3,6H2,1-2H3,(H,9,10)/b5-4-. The van der Waals surface area contributed by atoms with Crippen LogP contribution in [0.5, 0.6) is 0 Å². The molecule has 0 aromatic carbocycles. The SMILES string of the molecule is CC/C=C\C(C)CC(=O)O. The molecule has 0 aromatic rings. The fraction of sp³-hybridized carbons (Fsp3) is 0.625. The molecule has 0 heterocycles. The molecule has 0 aliphatic carbocycles. The van der Waals surface area contributed by atoms with Gasteiger partial charge in [-0.15, -0.1) is 0 Å². The van der Waals surface area contributed by atoms with Gasteiger partial charge >= 0.3 is 5.97 Å². The Morgan fingerprint density at radius 3 is 2.70 bits per heavy atom. The van der Waals surface area contributed by atoms with Crippen molar-refractivity contribution in [2.75, 3.05) is 0 Å². The molecule has 0 radical (unpaired) electrons. The van der Waals surface area contributed by atoms with E-state index in [0.717, 1.165) is 6.42 Å². The summed E-state index contributed by atoms with van der Waals surface area (Å²) in [4.78, 5) is 10.1. The minimum absolute atomic E-state index is 0.164. The third-order valence-electron chi connectivity index (χ3n) is 1.20. The summed E-state index contributed by atoms with van der Waals surface area (Å²) < 4.78 is 0. The Kier molecular flexibility index (Phi) is 4.63. The zero-order valence-corrected chi connectivity index (χ0v) is 6.50. The lowest BCUT2D eigenvalue weighted by molar-refractivity contribution is -0.137. The van der Waals surface area contributed by atoms with Crippen LogP contribution in [0.4, 0.5) is 0 Å². The highest BCUT2D eigenvalue weighted by molar-refractivity contribution is 5.67. The molecule has 0 saturated heterocycles. The van der Waals surface area contributed by atoms with E-state index in [1.165, 1.54) is 0 Å². The minimum atomic E-state index is -0.728. The first kappa shape index (κ1) is 9.21. The van der Waals surface area contributed by atoms with Crippen molar-refractivity contribution in [2.24, 2.45) is 5.92 Å². The molecular weight excluding hydrogens is 128 g/mol. The molecule has 1 atom stereocenters. The summed E-state index contributed by atoms with van der Waals surface area (Å²) in [7, 11) is 0. The highest BCUT2D eigenvalue weighted by atomic mass is 16.4. The van der Waals surface area contributed by atoms with Crippen LogP contribution in [0.15, 0.2) is 12.2 Å². The number of hydrogen-bond donors (Lipinski definition) is 1. The van der Waals surface area contributed by atoms with Gasteiger partial charge in [0.15, 0.2) is 0 Å². The van der Waals surface area contributed by atoms with Gasteiger partial charge in [-0.05, 0) is 12.3 Å². The van der Waals surface area contributed by atoms with Crippen molar-refractivity contribution < 1.29 is 9.90 Å². The zero-order chi connectivity index (χ0) is 7.98. The molecule has 10 heavy (non-hydrogen) atoms. The number of aliphatic carboxylic acids is 1. The van der Waals surface area contributed by atoms with E-state index in [1.54, 1.807) is 0 Å². The van der Waals surface area contributed by atoms with E-state index in [9.17, 15) is 4.79 Å². The van der Waals surface area contributed by atoms with E-state index in [-0.39, 0.29) is 12.3 Å². The largest absolute Gasteiger partial charge is 0.481 e. The van der Waals surface area contributed by atoms with Gasteiger partial charge in [-0.3, -0.25) is 4.79 Å². The van der Waals surface area contributed by atoms with Crippen molar-refractivity contribution in [2.45, 2.75) is 26.7 Å². The first-order valence-electron chi connectivity index (χ1n) is 3.55. The van der Waals surface area contributed by atoms with Crippen LogP contribution >= 0.6 is 0 Å². The van der Waals surface area contributed by atoms with Gasteiger partial charge < -0.3 is 5.11 Å². The fourth-order valence-corrected chi connectivity index (χ4v) is 0.712. The second kappa shape index (κ2) is 5.03. The molecule has 0 amide bonds. The van der Waals surface area contributed by atoms with E-state index < -0.39 is 5.97 Å². The maximum Gasteiger partial charge on any atom is 0.303 e. The van der Waals surface area contributed by atoms with Gasteiger partial charge in [-0.25, -0.2) is 0 Å². The lowest BCUT2D eigenvalue weighted by atomic mass is 10.1. The van der Waals surface area contributed by atoms with Crippen LogP contribution in [0.3, 0.4) is 0 Å². The fourth-order valence-electron chi connectivity index (χ4n) is 0.712. The van der Waals surface area contributed by atoms with Crippen LogP contribution in [0.2, 0.25) is 0 Å². The van der Waals surface area contributed by atoms with E-state index in [1.807, 2.05) is 26.0 Å². The van der Waals surface area contributed by atoms with Crippen molar-refractivity contribution in [3.8, 4) is 0 Å². The van der Waals surface area contributed by atoms with Gasteiger partial charge in [-0.2, -0.15) is 0 Å². The monoisotopic (exact) mass is 142 g/mol. The second-order valence-electron chi connectivity index (χ2n) is 2.41. The normalized spacial score (nSPS) is 13.8. The number of carboxylic acid groups (broad SMARTS) is 1. The van der Waals surface area contributed by atoms with E-state index in [0.29, 0.717) is 0 Å². The van der Waals surface area contributed by atoms with Gasteiger partial charge in [0.1, 0.15) is 0 Å². The number of carbonyl (C=O) groups is 1. The maximum atomic E-state index is 10.1. The molecule has 0 aliphatic rings. The first-order chi connectivity index (χ1) is 4.66. The summed E-state index contributed by atoms with van der Waals surface area (Å²) in [5, 5.41) is 8.35. The summed E-state index contributed by atoms with van der Waals surface area (Å²) in [5.41, 5.74) is 0. The molecule has 0 spiro atoms. The van der Waals surface area contributed by atoms with Gasteiger partial charge in [-0.1, -0.05) is 26.0 Å². The Bertz CT molecular complexity index is 127. The highest BCUT2D eigenvalue weighted by Gasteiger charge is 2.01. The number of carboxylic acids is 1. The summed E-state index contributed by atoms with van der Waals surface area (Å²) in [6.07, 6.45) is 5.14. The molecule has 0 aliphatic heterocycles. The van der Waals surface area contributed by atoms with E-state index in [4.69, 9.17) is 5.11 Å². The molecule has 0 bridgehead atoms. The predicted octanol–water partition coefficient (Wildman–Crippen LogP) is 2.06. The second-order valence-corrected chi connectivity index (χ2v) is 2.41. The summed E-state index contributed by atoms with van der Waals surface area (Å²) in [5.74, 6) is -0.564. The lowest BCUT2D eigenvalue weighted by Crippen LogP contribution is -2.00. The molecule has 0 rings (SSSR count). The van der Waals surface area contributed by atoms with E-state index in [2.05, 4.69) is 0 Å². The molecule has 0 saturated carbocycles. The Morgan fingerprint density at radius 1 is 1.70 bits per heavy atom. The summed E-state index contributed by atoms with van der Waals surface area (Å²) in [6, 6.07) is 0. The molecule has 1 unspecified atom stereocenters. The minimum Gasteiger partial charge on any atom is -0.481 e. The van der Waals surface area contributed by atoms with Gasteiger partial charge in [0.2, 0.25) is 0 Å². The van der Waals surface area contributed by atoms with E-state index >= 15 is 0 Å². The first-order valence-corrected chi connectivity index (χ1v) is 3.55. The topological polar surface area (TPSA) is 37.3 Å². The average Bonchev–Trinajstić information content (AvgIpc) is 1.82. The molecule has 2 heteroatoms. The Morgan fingerprint density at radius 2 is 2.30 bits per heavy atom. The average molecular weight is 142 g/mol. The molecule has 58 valence electrons.